The average molecular weight is 298 g/mol. The zero-order chi connectivity index (χ0) is 14.3. The standard InChI is InChI=1S/C13H7ClF3N3/c14-8-1-2-9-10(5-8)19-12(13(15,16)17)6-11(9)20-4-3-18-7-20/h1-7H. The molecule has 7 heteroatoms. The Kier molecular flexibility index (Phi) is 2.90. The van der Waals surface area contributed by atoms with Crippen LogP contribution in [0.2, 0.25) is 5.02 Å². The topological polar surface area (TPSA) is 30.7 Å². The van der Waals surface area contributed by atoms with Crippen molar-refractivity contribution in [1.29, 1.82) is 0 Å². The number of aromatic nitrogens is 3. The molecule has 0 aliphatic carbocycles. The van der Waals surface area contributed by atoms with Gasteiger partial charge in [0.05, 0.1) is 17.5 Å². The predicted octanol–water partition coefficient (Wildman–Crippen LogP) is 4.09. The lowest BCUT2D eigenvalue weighted by molar-refractivity contribution is -0.140. The Balaban J connectivity index is 2.36. The van der Waals surface area contributed by atoms with Crippen LogP contribution in [0.1, 0.15) is 5.69 Å². The Morgan fingerprint density at radius 2 is 1.95 bits per heavy atom. The highest BCUT2D eigenvalue weighted by molar-refractivity contribution is 6.31. The van der Waals surface area contributed by atoms with Gasteiger partial charge in [0.1, 0.15) is 5.69 Å². The molecule has 20 heavy (non-hydrogen) atoms. The van der Waals surface area contributed by atoms with Gasteiger partial charge in [-0.2, -0.15) is 13.2 Å². The van der Waals surface area contributed by atoms with Gasteiger partial charge in [0.15, 0.2) is 0 Å². The Morgan fingerprint density at radius 3 is 2.60 bits per heavy atom. The zero-order valence-electron chi connectivity index (χ0n) is 9.89. The Hall–Kier alpha value is -2.08. The van der Waals surface area contributed by atoms with E-state index < -0.39 is 11.9 Å². The largest absolute Gasteiger partial charge is 0.433 e. The number of nitrogens with zero attached hydrogens (tertiary/aromatic N) is 3. The number of imidazole rings is 1. The van der Waals surface area contributed by atoms with Crippen LogP contribution in [0.3, 0.4) is 0 Å². The van der Waals surface area contributed by atoms with Gasteiger partial charge in [-0.15, -0.1) is 0 Å². The van der Waals surface area contributed by atoms with E-state index in [0.29, 0.717) is 16.1 Å². The van der Waals surface area contributed by atoms with Gasteiger partial charge in [-0.3, -0.25) is 0 Å². The van der Waals surface area contributed by atoms with E-state index in [1.807, 2.05) is 0 Å². The third-order valence-electron chi connectivity index (χ3n) is 2.82. The maximum atomic E-state index is 12.9. The molecule has 0 spiro atoms. The number of benzene rings is 1. The van der Waals surface area contributed by atoms with Crippen LogP contribution in [0.5, 0.6) is 0 Å². The second-order valence-corrected chi connectivity index (χ2v) is 4.59. The summed E-state index contributed by atoms with van der Waals surface area (Å²) in [6.45, 7) is 0. The summed E-state index contributed by atoms with van der Waals surface area (Å²) >= 11 is 5.82. The number of hydrogen-bond donors (Lipinski definition) is 0. The lowest BCUT2D eigenvalue weighted by Crippen LogP contribution is -2.09. The van der Waals surface area contributed by atoms with Gasteiger partial charge in [0, 0.05) is 22.8 Å². The first-order valence-corrected chi connectivity index (χ1v) is 5.99. The molecule has 0 bridgehead atoms. The summed E-state index contributed by atoms with van der Waals surface area (Å²) in [6, 6.07) is 5.66. The van der Waals surface area contributed by atoms with Crippen molar-refractivity contribution in [2.75, 3.05) is 0 Å². The first kappa shape index (κ1) is 12.9. The molecule has 0 aliphatic heterocycles. The minimum Gasteiger partial charge on any atom is -0.306 e. The number of halogens is 4. The fraction of sp³-hybridized carbons (Fsp3) is 0.0769. The number of fused-ring (bicyclic) bond motifs is 1. The van der Waals surface area contributed by atoms with Crippen molar-refractivity contribution in [3.8, 4) is 5.69 Å². The fourth-order valence-corrected chi connectivity index (χ4v) is 2.11. The van der Waals surface area contributed by atoms with Crippen LogP contribution in [0.25, 0.3) is 16.6 Å². The molecule has 3 nitrogen and oxygen atoms in total. The molecule has 0 unspecified atom stereocenters. The summed E-state index contributed by atoms with van der Waals surface area (Å²) in [5, 5.41) is 0.904. The summed E-state index contributed by atoms with van der Waals surface area (Å²) in [7, 11) is 0. The Bertz CT molecular complexity index is 766. The van der Waals surface area contributed by atoms with Crippen LogP contribution in [-0.4, -0.2) is 14.5 Å². The molecule has 3 aromatic rings. The van der Waals surface area contributed by atoms with E-state index in [-0.39, 0.29) is 5.52 Å². The van der Waals surface area contributed by atoms with Crippen molar-refractivity contribution in [3.63, 3.8) is 0 Å². The summed E-state index contributed by atoms with van der Waals surface area (Å²) in [4.78, 5) is 7.48. The number of pyridine rings is 1. The van der Waals surface area contributed by atoms with E-state index >= 15 is 0 Å². The zero-order valence-corrected chi connectivity index (χ0v) is 10.7. The highest BCUT2D eigenvalue weighted by atomic mass is 35.5. The van der Waals surface area contributed by atoms with Crippen LogP contribution < -0.4 is 0 Å². The van der Waals surface area contributed by atoms with Crippen molar-refractivity contribution in [3.05, 3.63) is 53.7 Å². The quantitative estimate of drug-likeness (QED) is 0.677. The van der Waals surface area contributed by atoms with Gasteiger partial charge in [-0.25, -0.2) is 9.97 Å². The minimum atomic E-state index is -4.52. The van der Waals surface area contributed by atoms with E-state index in [0.717, 1.165) is 6.07 Å². The molecule has 0 amide bonds. The number of alkyl halides is 3. The van der Waals surface area contributed by atoms with Crippen molar-refractivity contribution < 1.29 is 13.2 Å². The van der Waals surface area contributed by atoms with Crippen molar-refractivity contribution >= 4 is 22.5 Å². The first-order chi connectivity index (χ1) is 9.45. The summed E-state index contributed by atoms with van der Waals surface area (Å²) in [5.41, 5.74) is -0.413. The van der Waals surface area contributed by atoms with Gasteiger partial charge in [0.2, 0.25) is 0 Å². The molecule has 0 atom stereocenters. The molecule has 0 radical (unpaired) electrons. The highest BCUT2D eigenvalue weighted by Gasteiger charge is 2.33. The van der Waals surface area contributed by atoms with Gasteiger partial charge in [-0.05, 0) is 24.3 Å². The van der Waals surface area contributed by atoms with Crippen LogP contribution >= 0.6 is 11.6 Å². The van der Waals surface area contributed by atoms with Crippen molar-refractivity contribution in [2.24, 2.45) is 0 Å². The van der Waals surface area contributed by atoms with Crippen LogP contribution in [-0.2, 0) is 6.18 Å². The molecule has 2 heterocycles. The van der Waals surface area contributed by atoms with Gasteiger partial charge in [-0.1, -0.05) is 11.6 Å². The summed E-state index contributed by atoms with van der Waals surface area (Å²) in [5.74, 6) is 0. The molecule has 0 saturated heterocycles. The second kappa shape index (κ2) is 4.49. The first-order valence-electron chi connectivity index (χ1n) is 5.61. The molecule has 3 rings (SSSR count). The van der Waals surface area contributed by atoms with Crippen LogP contribution in [0.4, 0.5) is 13.2 Å². The van der Waals surface area contributed by atoms with E-state index in [1.54, 1.807) is 18.3 Å². The van der Waals surface area contributed by atoms with Gasteiger partial charge in [0.25, 0.3) is 0 Å². The average Bonchev–Trinajstić information content (AvgIpc) is 2.89. The van der Waals surface area contributed by atoms with Crippen molar-refractivity contribution in [2.45, 2.75) is 6.18 Å². The normalized spacial score (nSPS) is 12.0. The lowest BCUT2D eigenvalue weighted by Gasteiger charge is -2.12. The second-order valence-electron chi connectivity index (χ2n) is 4.16. The lowest BCUT2D eigenvalue weighted by atomic mass is 10.1. The van der Waals surface area contributed by atoms with E-state index in [4.69, 9.17) is 11.6 Å². The Labute approximate surface area is 116 Å². The molecule has 0 N–H and O–H groups in total. The summed E-state index contributed by atoms with van der Waals surface area (Å²) < 4.78 is 40.3. The minimum absolute atomic E-state index is 0.191. The highest BCUT2D eigenvalue weighted by Crippen LogP contribution is 2.33. The molecule has 2 aromatic heterocycles. The van der Waals surface area contributed by atoms with Gasteiger partial charge >= 0.3 is 6.18 Å². The van der Waals surface area contributed by atoms with Crippen molar-refractivity contribution in [1.82, 2.24) is 14.5 Å². The van der Waals surface area contributed by atoms with Crippen LogP contribution in [0.15, 0.2) is 43.0 Å². The SMILES string of the molecule is FC(F)(F)c1cc(-n2ccnc2)c2ccc(Cl)cc2n1. The Morgan fingerprint density at radius 1 is 1.15 bits per heavy atom. The molecular weight excluding hydrogens is 291 g/mol. The number of rotatable bonds is 1. The molecule has 0 aliphatic rings. The third-order valence-corrected chi connectivity index (χ3v) is 3.06. The molecule has 102 valence electrons. The summed E-state index contributed by atoms with van der Waals surface area (Å²) in [6.07, 6.45) is -0.0195. The van der Waals surface area contributed by atoms with Gasteiger partial charge < -0.3 is 4.57 Å². The molecule has 1 aromatic carbocycles. The smallest absolute Gasteiger partial charge is 0.306 e. The molecular formula is C13H7ClF3N3. The van der Waals surface area contributed by atoms with E-state index in [2.05, 4.69) is 9.97 Å². The number of hydrogen-bond acceptors (Lipinski definition) is 2. The molecule has 0 saturated carbocycles. The van der Waals surface area contributed by atoms with E-state index in [9.17, 15) is 13.2 Å². The fourth-order valence-electron chi connectivity index (χ4n) is 1.94. The maximum Gasteiger partial charge on any atom is 0.433 e. The third kappa shape index (κ3) is 2.22. The maximum absolute atomic E-state index is 12.9. The molecule has 0 fully saturated rings. The monoisotopic (exact) mass is 297 g/mol. The predicted molar refractivity (Wildman–Crippen MR) is 68.9 cm³/mol. The van der Waals surface area contributed by atoms with Crippen LogP contribution in [0, 0.1) is 0 Å². The van der Waals surface area contributed by atoms with E-state index in [1.165, 1.54) is 23.2 Å².